The van der Waals surface area contributed by atoms with E-state index in [-0.39, 0.29) is 23.7 Å². The number of aromatic nitrogens is 2. The van der Waals surface area contributed by atoms with Crippen LogP contribution in [0.25, 0.3) is 11.0 Å². The molecular formula is C33H35F3N4O6S. The molecule has 47 heavy (non-hydrogen) atoms. The molecule has 1 aliphatic rings. The number of benzene rings is 3. The molecule has 1 aromatic heterocycles. The lowest BCUT2D eigenvalue weighted by atomic mass is 9.76. The Morgan fingerprint density at radius 1 is 0.936 bits per heavy atom. The number of carboxylic acid groups (broad SMARTS) is 1. The number of carbonyl (C=O) groups excluding carboxylic acids is 2. The van der Waals surface area contributed by atoms with Gasteiger partial charge in [-0.2, -0.15) is 13.2 Å². The fourth-order valence-electron chi connectivity index (χ4n) is 5.22. The number of imidazole rings is 1. The average molecular weight is 673 g/mol. The number of nitrogens with zero attached hydrogens (tertiary/aromatic N) is 1. The number of fused-ring (bicyclic) bond motifs is 1. The van der Waals surface area contributed by atoms with Gasteiger partial charge >= 0.3 is 12.1 Å². The Kier molecular flexibility index (Phi) is 10.4. The zero-order valence-electron chi connectivity index (χ0n) is 25.8. The van der Waals surface area contributed by atoms with Gasteiger partial charge in [-0.1, -0.05) is 87.5 Å². The number of para-hydroxylation sites is 2. The van der Waals surface area contributed by atoms with E-state index in [4.69, 9.17) is 14.9 Å². The molecule has 0 aliphatic carbocycles. The van der Waals surface area contributed by atoms with Crippen molar-refractivity contribution in [3.63, 3.8) is 0 Å². The maximum Gasteiger partial charge on any atom is 0.490 e. The molecule has 0 bridgehead atoms. The second-order valence-corrected chi connectivity index (χ2v) is 14.2. The number of halogens is 3. The number of aliphatic carboxylic acids is 1. The van der Waals surface area contributed by atoms with Crippen LogP contribution in [0, 0.1) is 11.3 Å². The number of sulfonamides is 1. The normalized spacial score (nSPS) is 17.2. The van der Waals surface area contributed by atoms with Gasteiger partial charge in [-0.3, -0.25) is 14.3 Å². The van der Waals surface area contributed by atoms with Crippen molar-refractivity contribution >= 4 is 38.8 Å². The zero-order chi connectivity index (χ0) is 34.6. The van der Waals surface area contributed by atoms with Crippen LogP contribution >= 0.6 is 0 Å². The van der Waals surface area contributed by atoms with Gasteiger partial charge in [-0.05, 0) is 47.1 Å². The summed E-state index contributed by atoms with van der Waals surface area (Å²) in [6.45, 7) is 6.23. The first-order chi connectivity index (χ1) is 21.9. The molecule has 10 nitrogen and oxygen atoms in total. The van der Waals surface area contributed by atoms with Crippen LogP contribution in [-0.4, -0.2) is 47.5 Å². The predicted octanol–water partition coefficient (Wildman–Crippen LogP) is 5.39. The number of amides is 2. The molecule has 3 atom stereocenters. The van der Waals surface area contributed by atoms with E-state index < -0.39 is 39.4 Å². The van der Waals surface area contributed by atoms with E-state index in [0.29, 0.717) is 24.2 Å². The van der Waals surface area contributed by atoms with E-state index in [0.717, 1.165) is 22.2 Å². The molecule has 2 unspecified atom stereocenters. The molecule has 2 heterocycles. The number of aromatic amines is 1. The molecule has 0 spiro atoms. The van der Waals surface area contributed by atoms with Gasteiger partial charge < -0.3 is 15.4 Å². The van der Waals surface area contributed by atoms with Crippen molar-refractivity contribution in [2.75, 3.05) is 0 Å². The Bertz CT molecular complexity index is 1800. The third-order valence-electron chi connectivity index (χ3n) is 7.73. The molecule has 2 amide bonds. The first-order valence-electron chi connectivity index (χ1n) is 14.7. The smallest absolute Gasteiger partial charge is 0.475 e. The lowest BCUT2D eigenvalue weighted by Gasteiger charge is -2.31. The summed E-state index contributed by atoms with van der Waals surface area (Å²) in [5.41, 5.74) is 3.97. The molecule has 14 heteroatoms. The second-order valence-electron chi connectivity index (χ2n) is 12.3. The van der Waals surface area contributed by atoms with Gasteiger partial charge in [0, 0.05) is 5.92 Å². The van der Waals surface area contributed by atoms with Crippen molar-refractivity contribution in [3.05, 3.63) is 101 Å². The lowest BCUT2D eigenvalue weighted by Crippen LogP contribution is -2.41. The Labute approximate surface area is 269 Å². The summed E-state index contributed by atoms with van der Waals surface area (Å²) >= 11 is 0. The van der Waals surface area contributed by atoms with Gasteiger partial charge in [0.1, 0.15) is 11.1 Å². The van der Waals surface area contributed by atoms with Crippen molar-refractivity contribution < 1.29 is 41.1 Å². The summed E-state index contributed by atoms with van der Waals surface area (Å²) in [4.78, 5) is 42.6. The first kappa shape index (κ1) is 35.1. The number of hydrogen-bond acceptors (Lipinski definition) is 6. The molecule has 0 radical (unpaired) electrons. The highest BCUT2D eigenvalue weighted by Gasteiger charge is 2.39. The van der Waals surface area contributed by atoms with E-state index in [1.165, 1.54) is 0 Å². The third kappa shape index (κ3) is 9.18. The van der Waals surface area contributed by atoms with Gasteiger partial charge in [0.2, 0.25) is 21.8 Å². The molecule has 1 saturated heterocycles. The molecule has 1 aliphatic heterocycles. The van der Waals surface area contributed by atoms with Gasteiger partial charge in [0.25, 0.3) is 0 Å². The lowest BCUT2D eigenvalue weighted by molar-refractivity contribution is -0.192. The monoisotopic (exact) mass is 672 g/mol. The van der Waals surface area contributed by atoms with Crippen molar-refractivity contribution in [2.24, 2.45) is 11.3 Å². The number of hydrogen-bond donors (Lipinski definition) is 4. The molecule has 3 aromatic carbocycles. The summed E-state index contributed by atoms with van der Waals surface area (Å²) in [6.07, 6.45) is -4.11. The van der Waals surface area contributed by atoms with Crippen molar-refractivity contribution in [3.8, 4) is 0 Å². The predicted molar refractivity (Wildman–Crippen MR) is 168 cm³/mol. The minimum absolute atomic E-state index is 0.0555. The van der Waals surface area contributed by atoms with E-state index in [1.54, 1.807) is 12.1 Å². The highest BCUT2D eigenvalue weighted by atomic mass is 32.2. The number of alkyl halides is 3. The van der Waals surface area contributed by atoms with Crippen LogP contribution in [0.1, 0.15) is 61.0 Å². The Hall–Kier alpha value is -4.72. The number of carboxylic acids is 1. The van der Waals surface area contributed by atoms with Gasteiger partial charge in [0.15, 0.2) is 0 Å². The molecule has 4 N–H and O–H groups in total. The number of rotatable bonds is 8. The van der Waals surface area contributed by atoms with E-state index in [9.17, 15) is 31.2 Å². The Balaban J connectivity index is 0.000000644. The molecule has 0 saturated carbocycles. The Morgan fingerprint density at radius 2 is 1.51 bits per heavy atom. The van der Waals surface area contributed by atoms with Gasteiger partial charge in [-0.15, -0.1) is 0 Å². The van der Waals surface area contributed by atoms with Crippen molar-refractivity contribution in [1.82, 2.24) is 20.0 Å². The van der Waals surface area contributed by atoms with Gasteiger partial charge in [0.05, 0.1) is 23.5 Å². The van der Waals surface area contributed by atoms with Crippen LogP contribution in [0.2, 0.25) is 0 Å². The zero-order valence-corrected chi connectivity index (χ0v) is 26.7. The first-order valence-corrected chi connectivity index (χ1v) is 16.2. The highest BCUT2D eigenvalue weighted by Crippen LogP contribution is 2.32. The summed E-state index contributed by atoms with van der Waals surface area (Å²) < 4.78 is 58.4. The number of carbonyl (C=O) groups is 3. The summed E-state index contributed by atoms with van der Waals surface area (Å²) in [7, 11) is -3.72. The van der Waals surface area contributed by atoms with E-state index >= 15 is 0 Å². The van der Waals surface area contributed by atoms with E-state index in [2.05, 4.69) is 35.8 Å². The number of H-pyrrole nitrogens is 1. The topological polar surface area (TPSA) is 158 Å². The number of nitrogens with one attached hydrogen (secondary N) is 3. The van der Waals surface area contributed by atoms with Crippen molar-refractivity contribution in [1.29, 1.82) is 0 Å². The maximum absolute atomic E-state index is 13.9. The SMILES string of the molecule is CC(C)(C)C(Cc1ccccc1)C(=O)N[C@@H](Cc1ccc(C2CC(=O)NS2(=O)=O)cc1)c1nc2ccccc2[nH]1.O=C(O)C(F)(F)F. The van der Waals surface area contributed by atoms with E-state index in [1.807, 2.05) is 66.7 Å². The highest BCUT2D eigenvalue weighted by molar-refractivity contribution is 7.90. The molecule has 250 valence electrons. The molecule has 1 fully saturated rings. The summed E-state index contributed by atoms with van der Waals surface area (Å²) in [6, 6.07) is 24.5. The summed E-state index contributed by atoms with van der Waals surface area (Å²) in [5, 5.41) is 9.50. The largest absolute Gasteiger partial charge is 0.490 e. The quantitative estimate of drug-likeness (QED) is 0.195. The van der Waals surface area contributed by atoms with Crippen LogP contribution in [-0.2, 0) is 37.2 Å². The fraction of sp³-hybridized carbons (Fsp3) is 0.333. The molecule has 4 aromatic rings. The standard InChI is InChI=1S/C31H34N4O4S.C2HF3O2/c1-31(2,3)23(17-20-9-5-4-6-10-20)30(37)34-26(29-32-24-11-7-8-12-25(24)33-29)18-21-13-15-22(16-14-21)27-19-28(36)35-40(27,38)39;3-2(4,5)1(6)7/h4-16,23,26-27H,17-19H2,1-3H3,(H,32,33)(H,34,37)(H,35,36);(H,6,7)/t23?,26-,27?;/m0./s1. The fourth-order valence-corrected chi connectivity index (χ4v) is 6.65. The second kappa shape index (κ2) is 14.0. The minimum Gasteiger partial charge on any atom is -0.475 e. The minimum atomic E-state index is -5.08. The average Bonchev–Trinajstić information content (AvgIpc) is 3.54. The molecule has 5 rings (SSSR count). The van der Waals surface area contributed by atoms with Crippen LogP contribution in [0.5, 0.6) is 0 Å². The molecular weight excluding hydrogens is 637 g/mol. The van der Waals surface area contributed by atoms with Crippen LogP contribution in [0.3, 0.4) is 0 Å². The summed E-state index contributed by atoms with van der Waals surface area (Å²) in [5.74, 6) is -2.93. The van der Waals surface area contributed by atoms with Crippen molar-refractivity contribution in [2.45, 2.75) is 57.5 Å². The third-order valence-corrected chi connectivity index (χ3v) is 9.43. The van der Waals surface area contributed by atoms with Gasteiger partial charge in [-0.25, -0.2) is 18.2 Å². The van der Waals surface area contributed by atoms with Crippen LogP contribution in [0.15, 0.2) is 78.9 Å². The van der Waals surface area contributed by atoms with Crippen LogP contribution < -0.4 is 10.0 Å². The maximum atomic E-state index is 13.9. The van der Waals surface area contributed by atoms with Crippen LogP contribution in [0.4, 0.5) is 13.2 Å². The Morgan fingerprint density at radius 3 is 2.04 bits per heavy atom.